The highest BCUT2D eigenvalue weighted by Crippen LogP contribution is 2.15. The zero-order valence-electron chi connectivity index (χ0n) is 5.66. The predicted molar refractivity (Wildman–Crippen MR) is 35.7 cm³/mol. The number of rotatable bonds is 1. The molecule has 10 heavy (non-hydrogen) atoms. The van der Waals surface area contributed by atoms with Crippen molar-refractivity contribution >= 4 is 6.01 Å². The van der Waals surface area contributed by atoms with E-state index in [1.54, 1.807) is 0 Å². The van der Waals surface area contributed by atoms with Crippen LogP contribution >= 0.6 is 0 Å². The maximum atomic E-state index is 4.88. The number of hydrogen-bond acceptors (Lipinski definition) is 4. The summed E-state index contributed by atoms with van der Waals surface area (Å²) in [6.07, 6.45) is 3.92. The normalized spacial score (nSPS) is 18.2. The zero-order chi connectivity index (χ0) is 6.81. The fourth-order valence-corrected chi connectivity index (χ4v) is 1.22. The Morgan fingerprint density at radius 2 is 2.20 bits per heavy atom. The summed E-state index contributed by atoms with van der Waals surface area (Å²) in [5.41, 5.74) is 0. The quantitative estimate of drug-likeness (QED) is 0.573. The third kappa shape index (κ3) is 0.853. The summed E-state index contributed by atoms with van der Waals surface area (Å²) in [7, 11) is 0. The first-order valence-corrected chi connectivity index (χ1v) is 3.48. The molecule has 2 rings (SSSR count). The minimum Gasteiger partial charge on any atom is -0.324 e. The lowest BCUT2D eigenvalue weighted by Gasteiger charge is -2.08. The van der Waals surface area contributed by atoms with Crippen molar-refractivity contribution in [1.82, 2.24) is 10.1 Å². The average molecular weight is 139 g/mol. The summed E-state index contributed by atoms with van der Waals surface area (Å²) in [5.74, 6) is 0. The van der Waals surface area contributed by atoms with E-state index in [1.165, 1.54) is 19.2 Å². The standard InChI is InChI=1S/C6H9N3O/c1-2-4-9(3-1)6-7-5-8-10-6/h5H,1-4H2. The summed E-state index contributed by atoms with van der Waals surface area (Å²) < 4.78 is 4.88. The lowest BCUT2D eigenvalue weighted by Crippen LogP contribution is -2.17. The van der Waals surface area contributed by atoms with E-state index in [9.17, 15) is 0 Å². The van der Waals surface area contributed by atoms with Crippen LogP contribution < -0.4 is 4.90 Å². The molecule has 0 aromatic carbocycles. The zero-order valence-corrected chi connectivity index (χ0v) is 5.66. The fourth-order valence-electron chi connectivity index (χ4n) is 1.22. The smallest absolute Gasteiger partial charge is 0.323 e. The van der Waals surface area contributed by atoms with Gasteiger partial charge in [-0.3, -0.25) is 0 Å². The molecule has 0 N–H and O–H groups in total. The van der Waals surface area contributed by atoms with Gasteiger partial charge in [0.15, 0.2) is 6.33 Å². The molecular formula is C6H9N3O. The highest BCUT2D eigenvalue weighted by atomic mass is 16.5. The summed E-state index contributed by atoms with van der Waals surface area (Å²) >= 11 is 0. The molecule has 0 aliphatic carbocycles. The van der Waals surface area contributed by atoms with Gasteiger partial charge in [0, 0.05) is 13.1 Å². The van der Waals surface area contributed by atoms with Gasteiger partial charge in [-0.25, -0.2) is 0 Å². The van der Waals surface area contributed by atoms with E-state index in [0.717, 1.165) is 13.1 Å². The molecule has 0 amide bonds. The van der Waals surface area contributed by atoms with E-state index in [4.69, 9.17) is 4.52 Å². The first kappa shape index (κ1) is 5.70. The van der Waals surface area contributed by atoms with Gasteiger partial charge >= 0.3 is 6.01 Å². The van der Waals surface area contributed by atoms with E-state index in [-0.39, 0.29) is 0 Å². The molecule has 1 aliphatic heterocycles. The highest BCUT2D eigenvalue weighted by molar-refractivity contribution is 5.24. The molecule has 2 heterocycles. The number of anilines is 1. The van der Waals surface area contributed by atoms with Gasteiger partial charge in [0.25, 0.3) is 0 Å². The predicted octanol–water partition coefficient (Wildman–Crippen LogP) is 0.670. The Balaban J connectivity index is 2.12. The molecule has 4 nitrogen and oxygen atoms in total. The van der Waals surface area contributed by atoms with Crippen LogP contribution in [0.1, 0.15) is 12.8 Å². The van der Waals surface area contributed by atoms with Crippen molar-refractivity contribution in [3.05, 3.63) is 6.33 Å². The van der Waals surface area contributed by atoms with Crippen LogP contribution in [0.4, 0.5) is 6.01 Å². The number of aromatic nitrogens is 2. The molecule has 0 bridgehead atoms. The summed E-state index contributed by atoms with van der Waals surface area (Å²) in [5, 5.41) is 3.54. The van der Waals surface area contributed by atoms with Crippen LogP contribution in [0.25, 0.3) is 0 Å². The molecule has 0 saturated carbocycles. The van der Waals surface area contributed by atoms with E-state index in [2.05, 4.69) is 15.0 Å². The van der Waals surface area contributed by atoms with Crippen LogP contribution in [0.5, 0.6) is 0 Å². The Kier molecular flexibility index (Phi) is 1.30. The van der Waals surface area contributed by atoms with Crippen LogP contribution in [-0.2, 0) is 0 Å². The fraction of sp³-hybridized carbons (Fsp3) is 0.667. The molecule has 0 spiro atoms. The number of hydrogen-bond donors (Lipinski definition) is 0. The van der Waals surface area contributed by atoms with Gasteiger partial charge in [-0.15, -0.1) is 0 Å². The van der Waals surface area contributed by atoms with Gasteiger partial charge in [-0.1, -0.05) is 5.16 Å². The van der Waals surface area contributed by atoms with Gasteiger partial charge in [-0.05, 0) is 12.8 Å². The lowest BCUT2D eigenvalue weighted by molar-refractivity contribution is 0.417. The van der Waals surface area contributed by atoms with Crippen LogP contribution in [0.15, 0.2) is 10.9 Å². The Morgan fingerprint density at radius 3 is 2.80 bits per heavy atom. The van der Waals surface area contributed by atoms with Crippen molar-refractivity contribution in [2.45, 2.75) is 12.8 Å². The third-order valence-corrected chi connectivity index (χ3v) is 1.73. The molecular weight excluding hydrogens is 130 g/mol. The molecule has 0 radical (unpaired) electrons. The van der Waals surface area contributed by atoms with E-state index < -0.39 is 0 Å². The monoisotopic (exact) mass is 139 g/mol. The Morgan fingerprint density at radius 1 is 1.40 bits per heavy atom. The van der Waals surface area contributed by atoms with Gasteiger partial charge < -0.3 is 9.42 Å². The second-order valence-corrected chi connectivity index (χ2v) is 2.42. The minimum atomic E-state index is 0.664. The first-order valence-electron chi connectivity index (χ1n) is 3.48. The molecule has 54 valence electrons. The molecule has 0 unspecified atom stereocenters. The molecule has 1 aromatic heterocycles. The van der Waals surface area contributed by atoms with Crippen molar-refractivity contribution < 1.29 is 4.52 Å². The summed E-state index contributed by atoms with van der Waals surface area (Å²) in [6, 6.07) is 0.664. The Bertz CT molecular complexity index is 191. The van der Waals surface area contributed by atoms with E-state index in [0.29, 0.717) is 6.01 Å². The Labute approximate surface area is 58.8 Å². The topological polar surface area (TPSA) is 42.2 Å². The molecule has 1 aliphatic rings. The van der Waals surface area contributed by atoms with Crippen LogP contribution in [0.2, 0.25) is 0 Å². The van der Waals surface area contributed by atoms with Crippen molar-refractivity contribution in [3.63, 3.8) is 0 Å². The molecule has 1 saturated heterocycles. The molecule has 4 heteroatoms. The van der Waals surface area contributed by atoms with Crippen LogP contribution in [0.3, 0.4) is 0 Å². The van der Waals surface area contributed by atoms with Gasteiger partial charge in [0.2, 0.25) is 0 Å². The molecule has 1 fully saturated rings. The maximum absolute atomic E-state index is 4.88. The average Bonchev–Trinajstić information content (AvgIpc) is 2.59. The lowest BCUT2D eigenvalue weighted by atomic mass is 10.4. The third-order valence-electron chi connectivity index (χ3n) is 1.73. The Hall–Kier alpha value is -1.06. The van der Waals surface area contributed by atoms with Crippen LogP contribution in [-0.4, -0.2) is 23.2 Å². The second kappa shape index (κ2) is 2.28. The van der Waals surface area contributed by atoms with E-state index >= 15 is 0 Å². The maximum Gasteiger partial charge on any atom is 0.323 e. The van der Waals surface area contributed by atoms with E-state index in [1.807, 2.05) is 0 Å². The minimum absolute atomic E-state index is 0.664. The van der Waals surface area contributed by atoms with Gasteiger partial charge in [0.1, 0.15) is 0 Å². The summed E-state index contributed by atoms with van der Waals surface area (Å²) in [4.78, 5) is 6.05. The highest BCUT2D eigenvalue weighted by Gasteiger charge is 2.15. The molecule has 0 atom stereocenters. The van der Waals surface area contributed by atoms with Gasteiger partial charge in [0.05, 0.1) is 0 Å². The van der Waals surface area contributed by atoms with Crippen molar-refractivity contribution in [2.75, 3.05) is 18.0 Å². The first-order chi connectivity index (χ1) is 4.97. The molecule has 1 aromatic rings. The summed E-state index contributed by atoms with van der Waals surface area (Å²) in [6.45, 7) is 2.12. The van der Waals surface area contributed by atoms with Gasteiger partial charge in [-0.2, -0.15) is 4.98 Å². The second-order valence-electron chi connectivity index (χ2n) is 2.42. The van der Waals surface area contributed by atoms with Crippen molar-refractivity contribution in [2.24, 2.45) is 0 Å². The van der Waals surface area contributed by atoms with Crippen molar-refractivity contribution in [1.29, 1.82) is 0 Å². The van der Waals surface area contributed by atoms with Crippen LogP contribution in [0, 0.1) is 0 Å². The SMILES string of the molecule is c1noc(N2CCCC2)n1. The number of nitrogens with zero attached hydrogens (tertiary/aromatic N) is 3. The largest absolute Gasteiger partial charge is 0.324 e. The van der Waals surface area contributed by atoms with Crippen molar-refractivity contribution in [3.8, 4) is 0 Å².